The van der Waals surface area contributed by atoms with E-state index in [0.29, 0.717) is 31.2 Å². The van der Waals surface area contributed by atoms with Gasteiger partial charge in [-0.1, -0.05) is 6.07 Å². The lowest BCUT2D eigenvalue weighted by atomic mass is 10.1. The Labute approximate surface area is 193 Å². The van der Waals surface area contributed by atoms with E-state index in [1.807, 2.05) is 31.3 Å². The van der Waals surface area contributed by atoms with Crippen molar-refractivity contribution in [1.82, 2.24) is 20.5 Å². The molecule has 0 saturated heterocycles. The number of guanidine groups is 1. The number of hydrogen-bond donors (Lipinski definition) is 3. The Morgan fingerprint density at radius 1 is 1.07 bits per heavy atom. The number of rotatable bonds is 7. The molecular formula is C22H28F2IN5. The maximum atomic E-state index is 13.9. The Bertz CT molecular complexity index is 1000. The number of fused-ring (bicyclic) bond motifs is 1. The number of aromatic nitrogens is 1. The molecule has 0 aliphatic carbocycles. The number of nitrogens with one attached hydrogen (secondary N) is 3. The molecule has 1 heterocycles. The van der Waals surface area contributed by atoms with Gasteiger partial charge in [-0.25, -0.2) is 8.78 Å². The SMILES string of the molecule is CN=C(NCCc1c[nH]c2cc(F)ccc12)NCc1ccc(F)c(CN(C)C)c1.I. The van der Waals surface area contributed by atoms with E-state index >= 15 is 0 Å². The molecule has 0 fully saturated rings. The molecule has 3 rings (SSSR count). The van der Waals surface area contributed by atoms with Gasteiger partial charge in [0, 0.05) is 49.3 Å². The molecule has 0 aliphatic rings. The van der Waals surface area contributed by atoms with Gasteiger partial charge < -0.3 is 20.5 Å². The normalized spacial score (nSPS) is 11.6. The first-order valence-electron chi connectivity index (χ1n) is 9.58. The van der Waals surface area contributed by atoms with Crippen molar-refractivity contribution >= 4 is 40.8 Å². The highest BCUT2D eigenvalue weighted by Crippen LogP contribution is 2.19. The Kier molecular flexibility index (Phi) is 9.04. The summed E-state index contributed by atoms with van der Waals surface area (Å²) in [7, 11) is 5.55. The summed E-state index contributed by atoms with van der Waals surface area (Å²) in [5.74, 6) is 0.237. The quantitative estimate of drug-likeness (QED) is 0.247. The molecule has 2 aromatic carbocycles. The van der Waals surface area contributed by atoms with Crippen LogP contribution in [0.25, 0.3) is 10.9 Å². The van der Waals surface area contributed by atoms with Crippen molar-refractivity contribution in [2.45, 2.75) is 19.5 Å². The van der Waals surface area contributed by atoms with Crippen molar-refractivity contribution in [3.8, 4) is 0 Å². The van der Waals surface area contributed by atoms with Crippen LogP contribution in [-0.4, -0.2) is 43.5 Å². The number of H-pyrrole nitrogens is 1. The molecule has 0 radical (unpaired) electrons. The molecule has 0 atom stereocenters. The third-order valence-electron chi connectivity index (χ3n) is 4.70. The van der Waals surface area contributed by atoms with Gasteiger partial charge in [-0.3, -0.25) is 4.99 Å². The van der Waals surface area contributed by atoms with Crippen LogP contribution in [0.3, 0.4) is 0 Å². The van der Waals surface area contributed by atoms with Crippen LogP contribution in [0.4, 0.5) is 8.78 Å². The summed E-state index contributed by atoms with van der Waals surface area (Å²) in [6, 6.07) is 9.93. The summed E-state index contributed by atoms with van der Waals surface area (Å²) in [4.78, 5) is 9.28. The van der Waals surface area contributed by atoms with Crippen molar-refractivity contribution in [3.63, 3.8) is 0 Å². The molecule has 0 bridgehead atoms. The van der Waals surface area contributed by atoms with Gasteiger partial charge in [-0.05, 0) is 62.0 Å². The minimum Gasteiger partial charge on any atom is -0.361 e. The number of halogens is 3. The Hall–Kier alpha value is -2.20. The van der Waals surface area contributed by atoms with E-state index in [1.54, 1.807) is 19.2 Å². The third-order valence-corrected chi connectivity index (χ3v) is 4.70. The topological polar surface area (TPSA) is 55.5 Å². The van der Waals surface area contributed by atoms with Crippen LogP contribution in [0.1, 0.15) is 16.7 Å². The highest BCUT2D eigenvalue weighted by Gasteiger charge is 2.07. The van der Waals surface area contributed by atoms with Crippen LogP contribution in [0.2, 0.25) is 0 Å². The van der Waals surface area contributed by atoms with Crippen molar-refractivity contribution in [2.75, 3.05) is 27.7 Å². The van der Waals surface area contributed by atoms with Gasteiger partial charge in [0.1, 0.15) is 11.6 Å². The van der Waals surface area contributed by atoms with Gasteiger partial charge in [-0.15, -0.1) is 24.0 Å². The Balaban J connectivity index is 0.00000320. The van der Waals surface area contributed by atoms with Crippen LogP contribution in [0.15, 0.2) is 47.6 Å². The summed E-state index contributed by atoms with van der Waals surface area (Å²) in [6.07, 6.45) is 2.68. The number of aromatic amines is 1. The molecular weight excluding hydrogens is 499 g/mol. The Morgan fingerprint density at radius 3 is 2.60 bits per heavy atom. The van der Waals surface area contributed by atoms with Crippen LogP contribution >= 0.6 is 24.0 Å². The largest absolute Gasteiger partial charge is 0.361 e. The average molecular weight is 527 g/mol. The number of hydrogen-bond acceptors (Lipinski definition) is 2. The van der Waals surface area contributed by atoms with Crippen LogP contribution < -0.4 is 10.6 Å². The fourth-order valence-corrected chi connectivity index (χ4v) is 3.29. The lowest BCUT2D eigenvalue weighted by Gasteiger charge is -2.14. The lowest BCUT2D eigenvalue weighted by molar-refractivity contribution is 0.392. The minimum atomic E-state index is -0.247. The third kappa shape index (κ3) is 6.40. The summed E-state index contributed by atoms with van der Waals surface area (Å²) in [5, 5.41) is 7.56. The van der Waals surface area contributed by atoms with E-state index in [4.69, 9.17) is 0 Å². The number of nitrogens with zero attached hydrogens (tertiary/aromatic N) is 2. The maximum absolute atomic E-state index is 13.9. The van der Waals surface area contributed by atoms with Crippen molar-refractivity contribution in [1.29, 1.82) is 0 Å². The van der Waals surface area contributed by atoms with Crippen LogP contribution in [-0.2, 0) is 19.5 Å². The van der Waals surface area contributed by atoms with Gasteiger partial charge in [0.05, 0.1) is 0 Å². The average Bonchev–Trinajstić information content (AvgIpc) is 3.08. The fourth-order valence-electron chi connectivity index (χ4n) is 3.29. The molecule has 5 nitrogen and oxygen atoms in total. The monoisotopic (exact) mass is 527 g/mol. The van der Waals surface area contributed by atoms with Gasteiger partial charge in [0.15, 0.2) is 5.96 Å². The smallest absolute Gasteiger partial charge is 0.191 e. The predicted octanol–water partition coefficient (Wildman–Crippen LogP) is 4.03. The second kappa shape index (κ2) is 11.3. The molecule has 3 N–H and O–H groups in total. The molecule has 162 valence electrons. The van der Waals surface area contributed by atoms with E-state index in [2.05, 4.69) is 20.6 Å². The molecule has 0 saturated carbocycles. The molecule has 0 spiro atoms. The predicted molar refractivity (Wildman–Crippen MR) is 129 cm³/mol. The summed E-state index contributed by atoms with van der Waals surface area (Å²) >= 11 is 0. The first kappa shape index (κ1) is 24.1. The van der Waals surface area contributed by atoms with E-state index in [9.17, 15) is 8.78 Å². The number of aliphatic imine (C=N–C) groups is 1. The summed E-state index contributed by atoms with van der Waals surface area (Å²) < 4.78 is 27.2. The first-order valence-corrected chi connectivity index (χ1v) is 9.58. The highest BCUT2D eigenvalue weighted by atomic mass is 127. The van der Waals surface area contributed by atoms with Gasteiger partial charge >= 0.3 is 0 Å². The van der Waals surface area contributed by atoms with E-state index in [0.717, 1.165) is 28.5 Å². The molecule has 0 amide bonds. The fraction of sp³-hybridized carbons (Fsp3) is 0.318. The molecule has 0 aliphatic heterocycles. The van der Waals surface area contributed by atoms with E-state index < -0.39 is 0 Å². The van der Waals surface area contributed by atoms with Crippen LogP contribution in [0, 0.1) is 11.6 Å². The van der Waals surface area contributed by atoms with Crippen molar-refractivity contribution < 1.29 is 8.78 Å². The molecule has 0 unspecified atom stereocenters. The Morgan fingerprint density at radius 2 is 1.87 bits per heavy atom. The second-order valence-corrected chi connectivity index (χ2v) is 7.27. The lowest BCUT2D eigenvalue weighted by Crippen LogP contribution is -2.37. The second-order valence-electron chi connectivity index (χ2n) is 7.27. The zero-order chi connectivity index (χ0) is 20.8. The minimum absolute atomic E-state index is 0. The van der Waals surface area contributed by atoms with Gasteiger partial charge in [-0.2, -0.15) is 0 Å². The molecule has 8 heteroatoms. The summed E-state index contributed by atoms with van der Waals surface area (Å²) in [6.45, 7) is 1.78. The van der Waals surface area contributed by atoms with E-state index in [1.165, 1.54) is 18.2 Å². The number of benzene rings is 2. The van der Waals surface area contributed by atoms with E-state index in [-0.39, 0.29) is 35.6 Å². The zero-order valence-corrected chi connectivity index (χ0v) is 19.8. The van der Waals surface area contributed by atoms with Crippen molar-refractivity contribution in [3.05, 3.63) is 70.9 Å². The van der Waals surface area contributed by atoms with Crippen LogP contribution in [0.5, 0.6) is 0 Å². The molecule has 3 aromatic rings. The van der Waals surface area contributed by atoms with Gasteiger partial charge in [0.25, 0.3) is 0 Å². The zero-order valence-electron chi connectivity index (χ0n) is 17.4. The maximum Gasteiger partial charge on any atom is 0.191 e. The molecule has 30 heavy (non-hydrogen) atoms. The summed E-state index contributed by atoms with van der Waals surface area (Å²) in [5.41, 5.74) is 3.58. The standard InChI is InChI=1S/C22H27F2N5.HI/c1-25-22(28-12-15-4-7-20(24)17(10-15)14-29(2)3)26-9-8-16-13-27-21-11-18(23)5-6-19(16)21;/h4-7,10-11,13,27H,8-9,12,14H2,1-3H3,(H2,25,26,28);1H. The van der Waals surface area contributed by atoms with Gasteiger partial charge in [0.2, 0.25) is 0 Å². The highest BCUT2D eigenvalue weighted by molar-refractivity contribution is 14.0. The first-order chi connectivity index (χ1) is 14.0. The molecule has 1 aromatic heterocycles. The van der Waals surface area contributed by atoms with Crippen molar-refractivity contribution in [2.24, 2.45) is 4.99 Å².